The number of esters is 2. The molecule has 4 rings (SSSR count). The van der Waals surface area contributed by atoms with Crippen LogP contribution in [0.5, 0.6) is 0 Å². The molecule has 20 heavy (non-hydrogen) atoms. The predicted molar refractivity (Wildman–Crippen MR) is 73.5 cm³/mol. The van der Waals surface area contributed by atoms with Crippen LogP contribution in [-0.4, -0.2) is 16.9 Å². The number of cyclic esters (lactones) is 2. The first-order valence-electron chi connectivity index (χ1n) is 6.21. The van der Waals surface area contributed by atoms with Gasteiger partial charge in [-0.1, -0.05) is 12.1 Å². The summed E-state index contributed by atoms with van der Waals surface area (Å²) in [4.78, 5) is 26.8. The summed E-state index contributed by atoms with van der Waals surface area (Å²) in [6, 6.07) is 12.9. The SMILES string of the molecule is O=C1OC(=O)c2cc(-c3ccc[nH]3)cc3cccc1c23. The van der Waals surface area contributed by atoms with Gasteiger partial charge >= 0.3 is 11.9 Å². The molecule has 2 aromatic carbocycles. The largest absolute Gasteiger partial charge is 0.386 e. The minimum atomic E-state index is -0.591. The zero-order chi connectivity index (χ0) is 13.7. The van der Waals surface area contributed by atoms with Crippen molar-refractivity contribution in [3.63, 3.8) is 0 Å². The van der Waals surface area contributed by atoms with Crippen molar-refractivity contribution in [3.8, 4) is 11.3 Å². The first kappa shape index (κ1) is 11.0. The van der Waals surface area contributed by atoms with Crippen molar-refractivity contribution in [2.75, 3.05) is 0 Å². The molecule has 1 aliphatic rings. The lowest BCUT2D eigenvalue weighted by molar-refractivity contribution is 0.0391. The number of benzene rings is 2. The van der Waals surface area contributed by atoms with E-state index in [9.17, 15) is 9.59 Å². The van der Waals surface area contributed by atoms with Gasteiger partial charge in [0.2, 0.25) is 0 Å². The summed E-state index contributed by atoms with van der Waals surface area (Å²) in [6.07, 6.45) is 1.82. The maximum absolute atomic E-state index is 12.0. The van der Waals surface area contributed by atoms with Crippen molar-refractivity contribution in [1.82, 2.24) is 4.98 Å². The summed E-state index contributed by atoms with van der Waals surface area (Å²) in [5.74, 6) is -1.17. The molecule has 2 heterocycles. The lowest BCUT2D eigenvalue weighted by Crippen LogP contribution is -2.19. The van der Waals surface area contributed by atoms with Gasteiger partial charge in [0.15, 0.2) is 0 Å². The number of H-pyrrole nitrogens is 1. The van der Waals surface area contributed by atoms with E-state index in [1.807, 2.05) is 30.5 Å². The number of rotatable bonds is 1. The normalized spacial score (nSPS) is 13.6. The second-order valence-electron chi connectivity index (χ2n) is 4.69. The Morgan fingerprint density at radius 3 is 2.55 bits per heavy atom. The van der Waals surface area contributed by atoms with Crippen molar-refractivity contribution in [1.29, 1.82) is 0 Å². The fourth-order valence-corrected chi connectivity index (χ4v) is 2.62. The van der Waals surface area contributed by atoms with Gasteiger partial charge in [0.1, 0.15) is 0 Å². The third kappa shape index (κ3) is 1.42. The minimum Gasteiger partial charge on any atom is -0.386 e. The Balaban J connectivity index is 2.11. The number of aromatic nitrogens is 1. The number of ether oxygens (including phenoxy) is 1. The van der Waals surface area contributed by atoms with Gasteiger partial charge in [0, 0.05) is 17.3 Å². The maximum Gasteiger partial charge on any atom is 0.346 e. The molecule has 96 valence electrons. The first-order valence-corrected chi connectivity index (χ1v) is 6.21. The molecule has 4 heteroatoms. The lowest BCUT2D eigenvalue weighted by Gasteiger charge is -2.16. The fraction of sp³-hybridized carbons (Fsp3) is 0. The highest BCUT2D eigenvalue weighted by atomic mass is 16.6. The number of aromatic amines is 1. The number of hydrogen-bond donors (Lipinski definition) is 1. The minimum absolute atomic E-state index is 0.433. The Bertz CT molecular complexity index is 863. The highest BCUT2D eigenvalue weighted by Gasteiger charge is 2.27. The summed E-state index contributed by atoms with van der Waals surface area (Å²) >= 11 is 0. The molecule has 1 aromatic heterocycles. The average Bonchev–Trinajstić information content (AvgIpc) is 2.98. The highest BCUT2D eigenvalue weighted by molar-refractivity contribution is 6.21. The number of carbonyl (C=O) groups excluding carboxylic acids is 2. The molecule has 0 atom stereocenters. The lowest BCUT2D eigenvalue weighted by atomic mass is 9.94. The van der Waals surface area contributed by atoms with Crippen molar-refractivity contribution in [3.05, 3.63) is 59.8 Å². The molecule has 0 bridgehead atoms. The van der Waals surface area contributed by atoms with Crippen LogP contribution in [0.15, 0.2) is 48.7 Å². The van der Waals surface area contributed by atoms with E-state index < -0.39 is 11.9 Å². The van der Waals surface area contributed by atoms with E-state index in [-0.39, 0.29) is 0 Å². The summed E-state index contributed by atoms with van der Waals surface area (Å²) in [5.41, 5.74) is 2.68. The van der Waals surface area contributed by atoms with E-state index in [0.29, 0.717) is 16.5 Å². The molecule has 1 N–H and O–H groups in total. The van der Waals surface area contributed by atoms with Crippen LogP contribution in [-0.2, 0) is 4.74 Å². The zero-order valence-corrected chi connectivity index (χ0v) is 10.3. The molecule has 0 amide bonds. The summed E-state index contributed by atoms with van der Waals surface area (Å²) < 4.78 is 4.79. The van der Waals surface area contributed by atoms with Crippen LogP contribution in [0, 0.1) is 0 Å². The molecule has 0 saturated heterocycles. The smallest absolute Gasteiger partial charge is 0.346 e. The van der Waals surface area contributed by atoms with Gasteiger partial charge in [-0.3, -0.25) is 0 Å². The molecule has 0 saturated carbocycles. The molecular weight excluding hydrogens is 254 g/mol. The van der Waals surface area contributed by atoms with Crippen LogP contribution in [0.25, 0.3) is 22.0 Å². The highest BCUT2D eigenvalue weighted by Crippen LogP contribution is 2.32. The van der Waals surface area contributed by atoms with Gasteiger partial charge < -0.3 is 9.72 Å². The Kier molecular flexibility index (Phi) is 2.09. The molecule has 0 aliphatic carbocycles. The fourth-order valence-electron chi connectivity index (χ4n) is 2.62. The maximum atomic E-state index is 12.0. The van der Waals surface area contributed by atoms with Crippen LogP contribution in [0.1, 0.15) is 20.7 Å². The molecule has 0 unspecified atom stereocenters. The van der Waals surface area contributed by atoms with Crippen molar-refractivity contribution in [2.24, 2.45) is 0 Å². The molecule has 3 aromatic rings. The van der Waals surface area contributed by atoms with Gasteiger partial charge in [0.05, 0.1) is 11.1 Å². The third-order valence-electron chi connectivity index (χ3n) is 3.51. The first-order chi connectivity index (χ1) is 9.74. The molecule has 0 fully saturated rings. The number of hydrogen-bond acceptors (Lipinski definition) is 3. The monoisotopic (exact) mass is 263 g/mol. The molecular formula is C16H9NO3. The van der Waals surface area contributed by atoms with E-state index in [0.717, 1.165) is 16.6 Å². The van der Waals surface area contributed by atoms with E-state index in [1.165, 1.54) is 0 Å². The Morgan fingerprint density at radius 2 is 1.75 bits per heavy atom. The number of carbonyl (C=O) groups is 2. The third-order valence-corrected chi connectivity index (χ3v) is 3.51. The van der Waals surface area contributed by atoms with Gasteiger partial charge in [-0.2, -0.15) is 0 Å². The van der Waals surface area contributed by atoms with Crippen molar-refractivity contribution < 1.29 is 14.3 Å². The van der Waals surface area contributed by atoms with E-state index >= 15 is 0 Å². The zero-order valence-electron chi connectivity index (χ0n) is 10.3. The Labute approximate surface area is 114 Å². The second-order valence-corrected chi connectivity index (χ2v) is 4.69. The van der Waals surface area contributed by atoms with Crippen LogP contribution >= 0.6 is 0 Å². The van der Waals surface area contributed by atoms with Crippen molar-refractivity contribution in [2.45, 2.75) is 0 Å². The Hall–Kier alpha value is -2.88. The van der Waals surface area contributed by atoms with Gasteiger partial charge in [-0.25, -0.2) is 9.59 Å². The van der Waals surface area contributed by atoms with Gasteiger partial charge in [0.25, 0.3) is 0 Å². The van der Waals surface area contributed by atoms with Crippen LogP contribution < -0.4 is 0 Å². The topological polar surface area (TPSA) is 59.2 Å². The molecule has 1 aliphatic heterocycles. The van der Waals surface area contributed by atoms with E-state index in [1.54, 1.807) is 18.2 Å². The summed E-state index contributed by atoms with van der Waals surface area (Å²) in [7, 11) is 0. The van der Waals surface area contributed by atoms with Crippen LogP contribution in [0.2, 0.25) is 0 Å². The summed E-state index contributed by atoms with van der Waals surface area (Å²) in [6.45, 7) is 0. The van der Waals surface area contributed by atoms with E-state index in [2.05, 4.69) is 4.98 Å². The standard InChI is InChI=1S/C16H9NO3/c18-15-11-4-1-3-9-7-10(13-5-2-6-17-13)8-12(14(9)11)16(19)20-15/h1-8,17H. The molecule has 4 nitrogen and oxygen atoms in total. The molecule has 0 radical (unpaired) electrons. The van der Waals surface area contributed by atoms with Crippen molar-refractivity contribution >= 4 is 22.7 Å². The Morgan fingerprint density at radius 1 is 0.900 bits per heavy atom. The average molecular weight is 263 g/mol. The predicted octanol–water partition coefficient (Wildman–Crippen LogP) is 3.15. The van der Waals surface area contributed by atoms with Gasteiger partial charge in [-0.15, -0.1) is 0 Å². The van der Waals surface area contributed by atoms with Crippen LogP contribution in [0.3, 0.4) is 0 Å². The van der Waals surface area contributed by atoms with Crippen LogP contribution in [0.4, 0.5) is 0 Å². The summed E-state index contributed by atoms with van der Waals surface area (Å²) in [5, 5.41) is 1.53. The molecule has 0 spiro atoms. The second kappa shape index (κ2) is 3.81. The van der Waals surface area contributed by atoms with E-state index in [4.69, 9.17) is 4.74 Å². The van der Waals surface area contributed by atoms with Gasteiger partial charge in [-0.05, 0) is 41.3 Å². The quantitative estimate of drug-likeness (QED) is 0.542. The number of nitrogens with one attached hydrogen (secondary N) is 1.